The van der Waals surface area contributed by atoms with E-state index < -0.39 is 0 Å². The average Bonchev–Trinajstić information content (AvgIpc) is 3.02. The Bertz CT molecular complexity index is 903. The van der Waals surface area contributed by atoms with Gasteiger partial charge in [-0.3, -0.25) is 9.63 Å². The number of carbonyl (C=O) groups is 1. The number of H-pyrrole nitrogens is 1. The van der Waals surface area contributed by atoms with Gasteiger partial charge in [0.25, 0.3) is 0 Å². The molecule has 136 valence electrons. The molecule has 0 spiro atoms. The Morgan fingerprint density at radius 3 is 2.65 bits per heavy atom. The summed E-state index contributed by atoms with van der Waals surface area (Å²) in [6.45, 7) is 2.20. The lowest BCUT2D eigenvalue weighted by atomic mass is 10.0. The molecule has 1 heterocycles. The molecule has 2 N–H and O–H groups in total. The van der Waals surface area contributed by atoms with Crippen LogP contribution in [-0.4, -0.2) is 24.6 Å². The van der Waals surface area contributed by atoms with E-state index in [1.807, 2.05) is 24.3 Å². The molecule has 0 aliphatic rings. The molecule has 0 fully saturated rings. The SMILES string of the molecule is CCONC(=O)CCc1c(-c2ccc(OC)cc2)[nH]c2ccc(F)cc12. The highest BCUT2D eigenvalue weighted by Gasteiger charge is 2.15. The van der Waals surface area contributed by atoms with Gasteiger partial charge in [-0.05, 0) is 66.9 Å². The molecule has 0 aliphatic carbocycles. The predicted octanol–water partition coefficient (Wildman–Crippen LogP) is 3.98. The Morgan fingerprint density at radius 2 is 1.96 bits per heavy atom. The number of aromatic amines is 1. The summed E-state index contributed by atoms with van der Waals surface area (Å²) >= 11 is 0. The number of ether oxygens (including phenoxy) is 1. The van der Waals surface area contributed by atoms with Crippen molar-refractivity contribution in [3.05, 3.63) is 53.8 Å². The van der Waals surface area contributed by atoms with Crippen molar-refractivity contribution in [1.82, 2.24) is 10.5 Å². The predicted molar refractivity (Wildman–Crippen MR) is 98.3 cm³/mol. The number of hydroxylamine groups is 1. The average molecular weight is 356 g/mol. The fourth-order valence-electron chi connectivity index (χ4n) is 2.93. The van der Waals surface area contributed by atoms with Gasteiger partial charge in [0, 0.05) is 23.0 Å². The molecule has 0 saturated carbocycles. The summed E-state index contributed by atoms with van der Waals surface area (Å²) in [4.78, 5) is 20.2. The Morgan fingerprint density at radius 1 is 1.19 bits per heavy atom. The van der Waals surface area contributed by atoms with E-state index in [9.17, 15) is 9.18 Å². The standard InChI is InChI=1S/C20H21FN2O3/c1-3-26-23-19(24)11-9-16-17-12-14(21)6-10-18(17)22-20(16)13-4-7-15(25-2)8-5-13/h4-8,10,12,22H,3,9,11H2,1-2H3,(H,23,24). The summed E-state index contributed by atoms with van der Waals surface area (Å²) in [6.07, 6.45) is 0.705. The maximum absolute atomic E-state index is 13.8. The van der Waals surface area contributed by atoms with Crippen molar-refractivity contribution in [3.8, 4) is 17.0 Å². The topological polar surface area (TPSA) is 63.4 Å². The van der Waals surface area contributed by atoms with E-state index in [1.165, 1.54) is 12.1 Å². The van der Waals surface area contributed by atoms with Gasteiger partial charge in [0.2, 0.25) is 5.91 Å². The lowest BCUT2D eigenvalue weighted by Crippen LogP contribution is -2.23. The van der Waals surface area contributed by atoms with Gasteiger partial charge in [0.05, 0.1) is 13.7 Å². The smallest absolute Gasteiger partial charge is 0.243 e. The van der Waals surface area contributed by atoms with Crippen LogP contribution < -0.4 is 10.2 Å². The van der Waals surface area contributed by atoms with Crippen LogP contribution in [0.3, 0.4) is 0 Å². The number of carbonyl (C=O) groups excluding carboxylic acids is 1. The summed E-state index contributed by atoms with van der Waals surface area (Å²) < 4.78 is 19.0. The number of nitrogens with one attached hydrogen (secondary N) is 2. The summed E-state index contributed by atoms with van der Waals surface area (Å²) in [5.74, 6) is 0.240. The molecule has 0 saturated heterocycles. The number of aromatic nitrogens is 1. The fourth-order valence-corrected chi connectivity index (χ4v) is 2.93. The van der Waals surface area contributed by atoms with E-state index in [0.717, 1.165) is 33.5 Å². The van der Waals surface area contributed by atoms with Crippen LogP contribution in [0.15, 0.2) is 42.5 Å². The first-order valence-electron chi connectivity index (χ1n) is 8.47. The minimum absolute atomic E-state index is 0.210. The fraction of sp³-hybridized carbons (Fsp3) is 0.250. The largest absolute Gasteiger partial charge is 0.497 e. The number of methoxy groups -OCH3 is 1. The maximum Gasteiger partial charge on any atom is 0.243 e. The third-order valence-electron chi connectivity index (χ3n) is 4.18. The molecule has 0 aliphatic heterocycles. The number of fused-ring (bicyclic) bond motifs is 1. The van der Waals surface area contributed by atoms with Gasteiger partial charge in [-0.25, -0.2) is 9.87 Å². The molecule has 0 atom stereocenters. The highest BCUT2D eigenvalue weighted by molar-refractivity contribution is 5.91. The highest BCUT2D eigenvalue weighted by Crippen LogP contribution is 2.32. The van der Waals surface area contributed by atoms with Crippen LogP contribution in [0.25, 0.3) is 22.2 Å². The van der Waals surface area contributed by atoms with E-state index >= 15 is 0 Å². The molecule has 2 aromatic carbocycles. The van der Waals surface area contributed by atoms with Crippen molar-refractivity contribution in [3.63, 3.8) is 0 Å². The second-order valence-electron chi connectivity index (χ2n) is 5.86. The number of amides is 1. The van der Waals surface area contributed by atoms with Crippen LogP contribution in [-0.2, 0) is 16.1 Å². The maximum atomic E-state index is 13.8. The normalized spacial score (nSPS) is 10.9. The third kappa shape index (κ3) is 3.86. The number of halogens is 1. The quantitative estimate of drug-likeness (QED) is 0.630. The van der Waals surface area contributed by atoms with Gasteiger partial charge in [0.1, 0.15) is 11.6 Å². The Kier molecular flexibility index (Phi) is 5.53. The lowest BCUT2D eigenvalue weighted by molar-refractivity contribution is -0.133. The molecule has 1 aromatic heterocycles. The number of rotatable bonds is 7. The van der Waals surface area contributed by atoms with Crippen molar-refractivity contribution in [1.29, 1.82) is 0 Å². The highest BCUT2D eigenvalue weighted by atomic mass is 19.1. The van der Waals surface area contributed by atoms with Crippen molar-refractivity contribution in [2.75, 3.05) is 13.7 Å². The van der Waals surface area contributed by atoms with Crippen LogP contribution in [0, 0.1) is 5.82 Å². The minimum atomic E-state index is -0.308. The van der Waals surface area contributed by atoms with E-state index in [4.69, 9.17) is 9.57 Å². The van der Waals surface area contributed by atoms with Crippen molar-refractivity contribution in [2.45, 2.75) is 19.8 Å². The zero-order valence-corrected chi connectivity index (χ0v) is 14.8. The van der Waals surface area contributed by atoms with Gasteiger partial charge in [0.15, 0.2) is 0 Å². The lowest BCUT2D eigenvalue weighted by Gasteiger charge is -2.07. The zero-order valence-electron chi connectivity index (χ0n) is 14.8. The molecule has 1 amide bonds. The summed E-state index contributed by atoms with van der Waals surface area (Å²) in [5, 5.41) is 0.778. The first kappa shape index (κ1) is 17.9. The monoisotopic (exact) mass is 356 g/mol. The first-order valence-corrected chi connectivity index (χ1v) is 8.47. The number of hydrogen-bond donors (Lipinski definition) is 2. The third-order valence-corrected chi connectivity index (χ3v) is 4.18. The molecule has 3 aromatic rings. The second kappa shape index (κ2) is 8.01. The molecular formula is C20H21FN2O3. The van der Waals surface area contributed by atoms with Crippen LogP contribution in [0.5, 0.6) is 5.75 Å². The van der Waals surface area contributed by atoms with Crippen LogP contribution >= 0.6 is 0 Å². The molecule has 0 unspecified atom stereocenters. The Balaban J connectivity index is 1.97. The molecular weight excluding hydrogens is 335 g/mol. The van der Waals surface area contributed by atoms with Gasteiger partial charge in [-0.15, -0.1) is 0 Å². The van der Waals surface area contributed by atoms with Crippen molar-refractivity contribution < 1.29 is 18.8 Å². The molecule has 5 nitrogen and oxygen atoms in total. The van der Waals surface area contributed by atoms with Crippen LogP contribution in [0.4, 0.5) is 4.39 Å². The van der Waals surface area contributed by atoms with E-state index in [2.05, 4.69) is 10.5 Å². The van der Waals surface area contributed by atoms with Gasteiger partial charge < -0.3 is 9.72 Å². The second-order valence-corrected chi connectivity index (χ2v) is 5.86. The molecule has 0 radical (unpaired) electrons. The molecule has 26 heavy (non-hydrogen) atoms. The van der Waals surface area contributed by atoms with Crippen molar-refractivity contribution >= 4 is 16.8 Å². The Hall–Kier alpha value is -2.86. The molecule has 3 rings (SSSR count). The van der Waals surface area contributed by atoms with Gasteiger partial charge in [-0.1, -0.05) is 0 Å². The zero-order chi connectivity index (χ0) is 18.5. The van der Waals surface area contributed by atoms with Crippen LogP contribution in [0.2, 0.25) is 0 Å². The van der Waals surface area contributed by atoms with E-state index in [-0.39, 0.29) is 18.1 Å². The number of hydrogen-bond acceptors (Lipinski definition) is 3. The Labute approximate surface area is 151 Å². The number of benzene rings is 2. The summed E-state index contributed by atoms with van der Waals surface area (Å²) in [6, 6.07) is 12.2. The van der Waals surface area contributed by atoms with Gasteiger partial charge in [-0.2, -0.15) is 0 Å². The van der Waals surface area contributed by atoms with Gasteiger partial charge >= 0.3 is 0 Å². The summed E-state index contributed by atoms with van der Waals surface area (Å²) in [5.41, 5.74) is 5.94. The minimum Gasteiger partial charge on any atom is -0.497 e. The molecule has 6 heteroatoms. The first-order chi connectivity index (χ1) is 12.6. The number of aryl methyl sites for hydroxylation is 1. The van der Waals surface area contributed by atoms with Crippen LogP contribution in [0.1, 0.15) is 18.9 Å². The van der Waals surface area contributed by atoms with Crippen molar-refractivity contribution in [2.24, 2.45) is 0 Å². The summed E-state index contributed by atoms with van der Waals surface area (Å²) in [7, 11) is 1.61. The van der Waals surface area contributed by atoms with E-state index in [1.54, 1.807) is 20.1 Å². The van der Waals surface area contributed by atoms with E-state index in [0.29, 0.717) is 13.0 Å². The molecule has 0 bridgehead atoms.